The third-order valence-corrected chi connectivity index (χ3v) is 2.95. The number of amides is 1. The van der Waals surface area contributed by atoms with Gasteiger partial charge in [0.2, 0.25) is 5.91 Å². The van der Waals surface area contributed by atoms with E-state index >= 15 is 0 Å². The zero-order valence-corrected chi connectivity index (χ0v) is 9.18. The number of ketones is 1. The van der Waals surface area contributed by atoms with Crippen molar-refractivity contribution >= 4 is 11.7 Å². The van der Waals surface area contributed by atoms with Gasteiger partial charge in [-0.05, 0) is 19.9 Å². The van der Waals surface area contributed by atoms with Crippen molar-refractivity contribution in [1.29, 1.82) is 0 Å². The normalized spacial score (nSPS) is 28.3. The molecule has 1 aliphatic heterocycles. The number of nitrogens with one attached hydrogen (secondary N) is 1. The molecule has 0 saturated carbocycles. The molecule has 0 spiro atoms. The maximum atomic E-state index is 11.7. The Morgan fingerprint density at radius 3 is 2.21 bits per heavy atom. The topological polar surface area (TPSA) is 46.2 Å². The molecule has 0 aromatic carbocycles. The summed E-state index contributed by atoms with van der Waals surface area (Å²) in [4.78, 5) is 23.3. The molecule has 1 heterocycles. The number of hydrogen-bond acceptors (Lipinski definition) is 2. The van der Waals surface area contributed by atoms with Crippen molar-refractivity contribution < 1.29 is 9.59 Å². The Kier molecular flexibility index (Phi) is 2.30. The molecule has 1 N–H and O–H groups in total. The number of carbonyl (C=O) groups excluding carboxylic acids is 2. The van der Waals surface area contributed by atoms with Crippen LogP contribution in [0.15, 0.2) is 12.7 Å². The summed E-state index contributed by atoms with van der Waals surface area (Å²) >= 11 is 0. The van der Waals surface area contributed by atoms with Crippen LogP contribution in [0.3, 0.4) is 0 Å². The van der Waals surface area contributed by atoms with E-state index in [1.807, 2.05) is 13.8 Å². The molecule has 1 saturated heterocycles. The third-order valence-electron chi connectivity index (χ3n) is 2.95. The van der Waals surface area contributed by atoms with Crippen LogP contribution in [-0.2, 0) is 9.59 Å². The first-order valence-electron chi connectivity index (χ1n) is 4.72. The molecule has 14 heavy (non-hydrogen) atoms. The average molecular weight is 195 g/mol. The SMILES string of the molecule is C=CC(=O)C1C(C)(C)NC(=O)C1(C)C. The fourth-order valence-electron chi connectivity index (χ4n) is 2.39. The zero-order chi connectivity index (χ0) is 11.1. The summed E-state index contributed by atoms with van der Waals surface area (Å²) in [5.41, 5.74) is -1.12. The first kappa shape index (κ1) is 11.0. The van der Waals surface area contributed by atoms with Gasteiger partial charge in [0.05, 0.1) is 11.3 Å². The maximum absolute atomic E-state index is 11.7. The maximum Gasteiger partial charge on any atom is 0.226 e. The molecule has 3 nitrogen and oxygen atoms in total. The molecule has 1 rings (SSSR count). The fraction of sp³-hybridized carbons (Fsp3) is 0.636. The minimum absolute atomic E-state index is 0.0669. The van der Waals surface area contributed by atoms with Crippen LogP contribution in [0.5, 0.6) is 0 Å². The lowest BCUT2D eigenvalue weighted by atomic mass is 9.71. The van der Waals surface area contributed by atoms with Crippen molar-refractivity contribution in [2.24, 2.45) is 11.3 Å². The standard InChI is InChI=1S/C11H17NO2/c1-6-7(13)8-10(2,3)9(14)12-11(8,4)5/h6,8H,1H2,2-5H3,(H,12,14). The molecule has 78 valence electrons. The van der Waals surface area contributed by atoms with Gasteiger partial charge < -0.3 is 5.32 Å². The molecule has 0 aromatic heterocycles. The molecular formula is C11H17NO2. The molecule has 1 fully saturated rings. The number of carbonyl (C=O) groups is 2. The molecule has 0 aromatic rings. The minimum atomic E-state index is -0.644. The fourth-order valence-corrected chi connectivity index (χ4v) is 2.39. The Balaban J connectivity index is 3.17. The number of rotatable bonds is 2. The van der Waals surface area contributed by atoms with Crippen LogP contribution < -0.4 is 5.32 Å². The minimum Gasteiger partial charge on any atom is -0.350 e. The Bertz CT molecular complexity index is 302. The van der Waals surface area contributed by atoms with Gasteiger partial charge in [0.15, 0.2) is 5.78 Å². The molecule has 1 atom stereocenters. The van der Waals surface area contributed by atoms with Crippen molar-refractivity contribution in [2.45, 2.75) is 33.2 Å². The van der Waals surface area contributed by atoms with Gasteiger partial charge >= 0.3 is 0 Å². The van der Waals surface area contributed by atoms with E-state index in [-0.39, 0.29) is 17.6 Å². The summed E-state index contributed by atoms with van der Waals surface area (Å²) in [5, 5.41) is 2.84. The summed E-state index contributed by atoms with van der Waals surface area (Å²) in [5.74, 6) is -0.471. The molecule has 1 amide bonds. The van der Waals surface area contributed by atoms with E-state index in [0.29, 0.717) is 0 Å². The van der Waals surface area contributed by atoms with Gasteiger partial charge in [-0.1, -0.05) is 20.4 Å². The molecule has 3 heteroatoms. The highest BCUT2D eigenvalue weighted by Gasteiger charge is 2.55. The van der Waals surface area contributed by atoms with Crippen molar-refractivity contribution in [1.82, 2.24) is 5.32 Å². The van der Waals surface area contributed by atoms with Gasteiger partial charge in [-0.15, -0.1) is 0 Å². The molecule has 1 unspecified atom stereocenters. The van der Waals surface area contributed by atoms with Crippen LogP contribution in [0.2, 0.25) is 0 Å². The van der Waals surface area contributed by atoms with Crippen LogP contribution in [-0.4, -0.2) is 17.2 Å². The summed E-state index contributed by atoms with van der Waals surface area (Å²) < 4.78 is 0. The molecule has 1 aliphatic rings. The first-order chi connectivity index (χ1) is 6.23. The Hall–Kier alpha value is -1.12. The van der Waals surface area contributed by atoms with Crippen molar-refractivity contribution in [3.8, 4) is 0 Å². The van der Waals surface area contributed by atoms with E-state index in [1.165, 1.54) is 6.08 Å². The summed E-state index contributed by atoms with van der Waals surface area (Å²) in [7, 11) is 0. The third kappa shape index (κ3) is 1.37. The van der Waals surface area contributed by atoms with Crippen LogP contribution in [0, 0.1) is 11.3 Å². The van der Waals surface area contributed by atoms with Crippen molar-refractivity contribution in [2.75, 3.05) is 0 Å². The summed E-state index contributed by atoms with van der Waals surface area (Å²) in [6.45, 7) is 10.8. The smallest absolute Gasteiger partial charge is 0.226 e. The van der Waals surface area contributed by atoms with Crippen LogP contribution in [0.4, 0.5) is 0 Å². The second-order valence-electron chi connectivity index (χ2n) is 4.94. The molecule has 0 aliphatic carbocycles. The van der Waals surface area contributed by atoms with E-state index < -0.39 is 11.0 Å². The summed E-state index contributed by atoms with van der Waals surface area (Å²) in [6.07, 6.45) is 1.30. The second kappa shape index (κ2) is 2.94. The average Bonchev–Trinajstić information content (AvgIpc) is 2.16. The lowest BCUT2D eigenvalue weighted by Gasteiger charge is -2.29. The lowest BCUT2D eigenvalue weighted by Crippen LogP contribution is -2.43. The van der Waals surface area contributed by atoms with Gasteiger partial charge in [0.1, 0.15) is 0 Å². The number of hydrogen-bond donors (Lipinski definition) is 1. The lowest BCUT2D eigenvalue weighted by molar-refractivity contribution is -0.131. The van der Waals surface area contributed by atoms with Gasteiger partial charge in [0.25, 0.3) is 0 Å². The second-order valence-corrected chi connectivity index (χ2v) is 4.94. The van der Waals surface area contributed by atoms with Crippen LogP contribution in [0.1, 0.15) is 27.7 Å². The quantitative estimate of drug-likeness (QED) is 0.675. The van der Waals surface area contributed by atoms with E-state index in [1.54, 1.807) is 13.8 Å². The molecule has 0 bridgehead atoms. The Labute approximate surface area is 84.6 Å². The van der Waals surface area contributed by atoms with Gasteiger partial charge in [-0.2, -0.15) is 0 Å². The van der Waals surface area contributed by atoms with E-state index in [9.17, 15) is 9.59 Å². The number of allylic oxidation sites excluding steroid dienone is 1. The van der Waals surface area contributed by atoms with Crippen molar-refractivity contribution in [3.05, 3.63) is 12.7 Å². The van der Waals surface area contributed by atoms with Gasteiger partial charge in [-0.3, -0.25) is 9.59 Å². The largest absolute Gasteiger partial charge is 0.350 e. The highest BCUT2D eigenvalue weighted by Crippen LogP contribution is 2.41. The van der Waals surface area contributed by atoms with Crippen molar-refractivity contribution in [3.63, 3.8) is 0 Å². The van der Waals surface area contributed by atoms with Crippen LogP contribution in [0.25, 0.3) is 0 Å². The summed E-state index contributed by atoms with van der Waals surface area (Å²) in [6, 6.07) is 0. The Morgan fingerprint density at radius 1 is 1.43 bits per heavy atom. The highest BCUT2D eigenvalue weighted by atomic mass is 16.2. The first-order valence-corrected chi connectivity index (χ1v) is 4.72. The van der Waals surface area contributed by atoms with E-state index in [0.717, 1.165) is 0 Å². The predicted octanol–water partition coefficient (Wildman–Crippen LogP) is 1.29. The van der Waals surface area contributed by atoms with Crippen LogP contribution >= 0.6 is 0 Å². The predicted molar refractivity (Wildman–Crippen MR) is 54.7 cm³/mol. The molecule has 0 radical (unpaired) electrons. The Morgan fingerprint density at radius 2 is 1.93 bits per heavy atom. The zero-order valence-electron chi connectivity index (χ0n) is 9.18. The highest BCUT2D eigenvalue weighted by molar-refractivity contribution is 6.00. The van der Waals surface area contributed by atoms with Gasteiger partial charge in [-0.25, -0.2) is 0 Å². The van der Waals surface area contributed by atoms with E-state index in [4.69, 9.17) is 0 Å². The van der Waals surface area contributed by atoms with E-state index in [2.05, 4.69) is 11.9 Å². The monoisotopic (exact) mass is 195 g/mol. The van der Waals surface area contributed by atoms with Gasteiger partial charge in [0, 0.05) is 5.54 Å². The molecular weight excluding hydrogens is 178 g/mol.